The van der Waals surface area contributed by atoms with Gasteiger partial charge in [0.05, 0.1) is 0 Å². The van der Waals surface area contributed by atoms with Crippen LogP contribution < -0.4 is 0 Å². The van der Waals surface area contributed by atoms with Crippen LogP contribution in [0, 0.1) is 11.8 Å². The first-order chi connectivity index (χ1) is 28.8. The van der Waals surface area contributed by atoms with Crippen molar-refractivity contribution in [1.82, 2.24) is 0 Å². The van der Waals surface area contributed by atoms with E-state index in [2.05, 4.69) is 34.6 Å². The van der Waals surface area contributed by atoms with Gasteiger partial charge in [0.2, 0.25) is 0 Å². The second kappa shape index (κ2) is 45.9. The maximum absolute atomic E-state index is 12.8. The van der Waals surface area contributed by atoms with E-state index in [1.54, 1.807) is 0 Å². The predicted molar refractivity (Wildman–Crippen MR) is 252 cm³/mol. The molecular weight excluding hydrogens is 733 g/mol. The minimum atomic E-state index is -0.762. The minimum Gasteiger partial charge on any atom is -0.462 e. The van der Waals surface area contributed by atoms with Crippen LogP contribution in [0.1, 0.15) is 291 Å². The Hall–Kier alpha value is -1.59. The fourth-order valence-corrected chi connectivity index (χ4v) is 7.96. The zero-order valence-electron chi connectivity index (χ0n) is 40.4. The molecule has 0 radical (unpaired) electrons. The quantitative estimate of drug-likeness (QED) is 0.0345. The topological polar surface area (TPSA) is 78.9 Å². The lowest BCUT2D eigenvalue weighted by Crippen LogP contribution is -2.30. The number of hydrogen-bond donors (Lipinski definition) is 0. The van der Waals surface area contributed by atoms with E-state index >= 15 is 0 Å². The Labute approximate surface area is 368 Å². The molecular formula is C53H102O6. The molecule has 0 N–H and O–H groups in total. The Morgan fingerprint density at radius 3 is 0.966 bits per heavy atom. The van der Waals surface area contributed by atoms with Gasteiger partial charge in [-0.15, -0.1) is 0 Å². The maximum Gasteiger partial charge on any atom is 0.306 e. The summed E-state index contributed by atoms with van der Waals surface area (Å²) in [6.45, 7) is 11.4. The molecule has 0 amide bonds. The SMILES string of the molecule is CCCCCCCCCCCCCCCC(=O)OC[C@@H](COC(=O)CCCCCCCCCCCCC(C)CC)OC(=O)CCCCCCCCCCCCCC(C)C. The molecule has 6 nitrogen and oxygen atoms in total. The molecule has 6 heteroatoms. The summed E-state index contributed by atoms with van der Waals surface area (Å²) in [7, 11) is 0. The van der Waals surface area contributed by atoms with Gasteiger partial charge in [-0.05, 0) is 31.1 Å². The van der Waals surface area contributed by atoms with E-state index in [1.807, 2.05) is 0 Å². The largest absolute Gasteiger partial charge is 0.462 e. The highest BCUT2D eigenvalue weighted by atomic mass is 16.6. The predicted octanol–water partition coefficient (Wildman–Crippen LogP) is 16.9. The van der Waals surface area contributed by atoms with Gasteiger partial charge in [0.15, 0.2) is 6.10 Å². The summed E-state index contributed by atoms with van der Waals surface area (Å²) in [6.07, 6.45) is 46.5. The summed E-state index contributed by atoms with van der Waals surface area (Å²) >= 11 is 0. The van der Waals surface area contributed by atoms with Gasteiger partial charge in [-0.3, -0.25) is 14.4 Å². The zero-order chi connectivity index (χ0) is 43.3. The molecule has 0 aromatic carbocycles. The number of carbonyl (C=O) groups is 3. The van der Waals surface area contributed by atoms with Crippen LogP contribution in [0.15, 0.2) is 0 Å². The molecule has 0 saturated carbocycles. The van der Waals surface area contributed by atoms with Gasteiger partial charge in [-0.2, -0.15) is 0 Å². The fourth-order valence-electron chi connectivity index (χ4n) is 7.96. The smallest absolute Gasteiger partial charge is 0.306 e. The van der Waals surface area contributed by atoms with E-state index in [0.29, 0.717) is 19.3 Å². The van der Waals surface area contributed by atoms with E-state index in [4.69, 9.17) is 14.2 Å². The van der Waals surface area contributed by atoms with E-state index < -0.39 is 6.10 Å². The highest BCUT2D eigenvalue weighted by molar-refractivity contribution is 5.71. The maximum atomic E-state index is 12.8. The molecule has 0 aliphatic rings. The van der Waals surface area contributed by atoms with Crippen molar-refractivity contribution in [2.45, 2.75) is 298 Å². The monoisotopic (exact) mass is 835 g/mol. The van der Waals surface area contributed by atoms with Gasteiger partial charge < -0.3 is 14.2 Å². The average molecular weight is 835 g/mol. The van der Waals surface area contributed by atoms with Crippen LogP contribution in [0.5, 0.6) is 0 Å². The molecule has 0 heterocycles. The molecule has 0 aliphatic carbocycles. The van der Waals surface area contributed by atoms with Crippen LogP contribution in [0.25, 0.3) is 0 Å². The number of carbonyl (C=O) groups excluding carboxylic acids is 3. The Bertz CT molecular complexity index is 902. The lowest BCUT2D eigenvalue weighted by atomic mass is 9.99. The number of rotatable bonds is 47. The lowest BCUT2D eigenvalue weighted by Gasteiger charge is -2.18. The van der Waals surface area contributed by atoms with Crippen molar-refractivity contribution in [3.8, 4) is 0 Å². The molecule has 0 bridgehead atoms. The molecule has 1 unspecified atom stereocenters. The normalized spacial score (nSPS) is 12.5. The standard InChI is InChI=1S/C53H102O6/c1-6-8-9-10-11-12-13-14-17-23-28-33-38-43-51(54)57-46-50(59-53(56)45-40-35-30-25-18-15-16-21-26-31-36-41-48(3)4)47-58-52(55)44-39-34-29-24-20-19-22-27-32-37-42-49(5)7-2/h48-50H,6-47H2,1-5H3/t49?,50-/m0/s1. The van der Waals surface area contributed by atoms with E-state index in [0.717, 1.165) is 69.6 Å². The van der Waals surface area contributed by atoms with Gasteiger partial charge in [0.1, 0.15) is 13.2 Å². The van der Waals surface area contributed by atoms with Crippen molar-refractivity contribution in [3.63, 3.8) is 0 Å². The average Bonchev–Trinajstić information content (AvgIpc) is 3.22. The molecule has 350 valence electrons. The Kier molecular flexibility index (Phi) is 44.7. The van der Waals surface area contributed by atoms with Crippen LogP contribution in [0.3, 0.4) is 0 Å². The molecule has 2 atom stereocenters. The number of unbranched alkanes of at least 4 members (excludes halogenated alkanes) is 31. The lowest BCUT2D eigenvalue weighted by molar-refractivity contribution is -0.167. The summed E-state index contributed by atoms with van der Waals surface area (Å²) in [4.78, 5) is 38.0. The molecule has 0 saturated heterocycles. The van der Waals surface area contributed by atoms with Crippen LogP contribution in [-0.2, 0) is 28.6 Å². The van der Waals surface area contributed by atoms with Crippen LogP contribution in [0.2, 0.25) is 0 Å². The molecule has 0 aromatic heterocycles. The van der Waals surface area contributed by atoms with Crippen LogP contribution in [0.4, 0.5) is 0 Å². The summed E-state index contributed by atoms with van der Waals surface area (Å²) in [5.74, 6) is 0.847. The summed E-state index contributed by atoms with van der Waals surface area (Å²) in [5.41, 5.74) is 0. The van der Waals surface area contributed by atoms with Crippen molar-refractivity contribution in [3.05, 3.63) is 0 Å². The van der Waals surface area contributed by atoms with Crippen LogP contribution >= 0.6 is 0 Å². The molecule has 59 heavy (non-hydrogen) atoms. The minimum absolute atomic E-state index is 0.0636. The van der Waals surface area contributed by atoms with Crippen molar-refractivity contribution in [2.75, 3.05) is 13.2 Å². The third-order valence-corrected chi connectivity index (χ3v) is 12.3. The fraction of sp³-hybridized carbons (Fsp3) is 0.943. The van der Waals surface area contributed by atoms with Gasteiger partial charge >= 0.3 is 17.9 Å². The molecule has 0 fully saturated rings. The second-order valence-corrected chi connectivity index (χ2v) is 18.9. The van der Waals surface area contributed by atoms with E-state index in [1.165, 1.54) is 180 Å². The van der Waals surface area contributed by atoms with Crippen molar-refractivity contribution >= 4 is 17.9 Å². The van der Waals surface area contributed by atoms with Gasteiger partial charge in [-0.25, -0.2) is 0 Å². The molecule has 0 spiro atoms. The first-order valence-corrected chi connectivity index (χ1v) is 26.3. The van der Waals surface area contributed by atoms with Gasteiger partial charge in [0, 0.05) is 19.3 Å². The first-order valence-electron chi connectivity index (χ1n) is 26.3. The highest BCUT2D eigenvalue weighted by Gasteiger charge is 2.19. The molecule has 0 aromatic rings. The van der Waals surface area contributed by atoms with Crippen LogP contribution in [-0.4, -0.2) is 37.2 Å². The Balaban J connectivity index is 4.33. The van der Waals surface area contributed by atoms with E-state index in [-0.39, 0.29) is 31.1 Å². The number of ether oxygens (including phenoxy) is 3. The van der Waals surface area contributed by atoms with Crippen molar-refractivity contribution < 1.29 is 28.6 Å². The number of hydrogen-bond acceptors (Lipinski definition) is 6. The molecule has 0 aliphatic heterocycles. The summed E-state index contributed by atoms with van der Waals surface area (Å²) in [5, 5.41) is 0. The first kappa shape index (κ1) is 57.4. The summed E-state index contributed by atoms with van der Waals surface area (Å²) in [6, 6.07) is 0. The molecule has 0 rings (SSSR count). The number of esters is 3. The Morgan fingerprint density at radius 1 is 0.356 bits per heavy atom. The van der Waals surface area contributed by atoms with E-state index in [9.17, 15) is 14.4 Å². The third-order valence-electron chi connectivity index (χ3n) is 12.3. The Morgan fingerprint density at radius 2 is 0.644 bits per heavy atom. The van der Waals surface area contributed by atoms with Crippen molar-refractivity contribution in [1.29, 1.82) is 0 Å². The second-order valence-electron chi connectivity index (χ2n) is 18.9. The van der Waals surface area contributed by atoms with Gasteiger partial charge in [0.25, 0.3) is 0 Å². The van der Waals surface area contributed by atoms with Gasteiger partial charge in [-0.1, -0.05) is 253 Å². The van der Waals surface area contributed by atoms with Crippen molar-refractivity contribution in [2.24, 2.45) is 11.8 Å². The summed E-state index contributed by atoms with van der Waals surface area (Å²) < 4.78 is 16.8. The highest BCUT2D eigenvalue weighted by Crippen LogP contribution is 2.18. The third kappa shape index (κ3) is 45.8. The zero-order valence-corrected chi connectivity index (χ0v) is 40.4.